The van der Waals surface area contributed by atoms with Crippen LogP contribution in [0, 0.1) is 12.8 Å². The fourth-order valence-electron chi connectivity index (χ4n) is 2.36. The molecule has 0 spiro atoms. The first kappa shape index (κ1) is 15.4. The van der Waals surface area contributed by atoms with E-state index in [1.165, 1.54) is 30.4 Å². The number of benzene rings is 1. The Morgan fingerprint density at radius 1 is 1.28 bits per heavy atom. The molecule has 0 N–H and O–H groups in total. The van der Waals surface area contributed by atoms with Crippen molar-refractivity contribution in [1.29, 1.82) is 0 Å². The predicted octanol–water partition coefficient (Wildman–Crippen LogP) is 5.50. The molecule has 1 aromatic carbocycles. The molecule has 1 rings (SSSR count). The van der Waals surface area contributed by atoms with Crippen LogP contribution >= 0.6 is 11.6 Å². The number of hydrogen-bond acceptors (Lipinski definition) is 1. The number of hydrogen-bond donors (Lipinski definition) is 0. The third-order valence-electron chi connectivity index (χ3n) is 3.64. The number of halogens is 1. The fraction of sp³-hybridized carbons (Fsp3) is 0.625. The molecule has 0 amide bonds. The van der Waals surface area contributed by atoms with E-state index in [1.54, 1.807) is 7.11 Å². The highest BCUT2D eigenvalue weighted by atomic mass is 35.5. The van der Waals surface area contributed by atoms with Gasteiger partial charge in [-0.3, -0.25) is 0 Å². The van der Waals surface area contributed by atoms with Gasteiger partial charge in [0.05, 0.1) is 12.5 Å². The molecule has 0 aliphatic heterocycles. The van der Waals surface area contributed by atoms with Crippen molar-refractivity contribution >= 4 is 11.6 Å². The Kier molecular flexibility index (Phi) is 6.56. The lowest BCUT2D eigenvalue weighted by Crippen LogP contribution is -2.08. The highest BCUT2D eigenvalue weighted by Gasteiger charge is 2.20. The minimum Gasteiger partial charge on any atom is -0.497 e. The molecule has 0 saturated heterocycles. The van der Waals surface area contributed by atoms with Gasteiger partial charge in [0.15, 0.2) is 0 Å². The van der Waals surface area contributed by atoms with Crippen molar-refractivity contribution in [3.63, 3.8) is 0 Å². The minimum absolute atomic E-state index is 0.118. The average molecular weight is 269 g/mol. The molecule has 0 aliphatic carbocycles. The number of alkyl halides is 1. The van der Waals surface area contributed by atoms with Crippen molar-refractivity contribution in [3.8, 4) is 5.75 Å². The molecule has 1 aromatic rings. The Balaban J connectivity index is 2.83. The van der Waals surface area contributed by atoms with Gasteiger partial charge in [0.2, 0.25) is 0 Å². The van der Waals surface area contributed by atoms with Crippen molar-refractivity contribution in [2.24, 2.45) is 5.92 Å². The van der Waals surface area contributed by atoms with E-state index in [-0.39, 0.29) is 5.38 Å². The van der Waals surface area contributed by atoms with Crippen molar-refractivity contribution < 1.29 is 4.74 Å². The van der Waals surface area contributed by atoms with Crippen LogP contribution in [0.3, 0.4) is 0 Å². The van der Waals surface area contributed by atoms with Crippen LogP contribution in [0.25, 0.3) is 0 Å². The summed E-state index contributed by atoms with van der Waals surface area (Å²) in [5, 5.41) is 0.118. The monoisotopic (exact) mass is 268 g/mol. The first-order valence-corrected chi connectivity index (χ1v) is 7.36. The minimum atomic E-state index is 0.118. The zero-order valence-corrected chi connectivity index (χ0v) is 12.8. The summed E-state index contributed by atoms with van der Waals surface area (Å²) < 4.78 is 5.24. The van der Waals surface area contributed by atoms with Crippen molar-refractivity contribution in [2.75, 3.05) is 7.11 Å². The van der Waals surface area contributed by atoms with Gasteiger partial charge in [-0.2, -0.15) is 0 Å². The number of ether oxygens (including phenoxy) is 1. The highest BCUT2D eigenvalue weighted by Crippen LogP contribution is 2.37. The van der Waals surface area contributed by atoms with E-state index in [4.69, 9.17) is 16.3 Å². The topological polar surface area (TPSA) is 9.23 Å². The first-order chi connectivity index (χ1) is 8.63. The summed E-state index contributed by atoms with van der Waals surface area (Å²) in [5.74, 6) is 1.47. The van der Waals surface area contributed by atoms with Crippen molar-refractivity contribution in [2.45, 2.75) is 51.8 Å². The lowest BCUT2D eigenvalue weighted by atomic mass is 9.89. The van der Waals surface area contributed by atoms with E-state index >= 15 is 0 Å². The quantitative estimate of drug-likeness (QED) is 0.593. The van der Waals surface area contributed by atoms with Crippen LogP contribution in [-0.4, -0.2) is 7.11 Å². The molecule has 0 aromatic heterocycles. The molecule has 0 radical (unpaired) electrons. The van der Waals surface area contributed by atoms with Gasteiger partial charge in [-0.15, -0.1) is 11.6 Å². The van der Waals surface area contributed by atoms with E-state index in [1.807, 2.05) is 6.07 Å². The van der Waals surface area contributed by atoms with Gasteiger partial charge in [0.1, 0.15) is 5.75 Å². The van der Waals surface area contributed by atoms with E-state index in [9.17, 15) is 0 Å². The molecule has 2 atom stereocenters. The van der Waals surface area contributed by atoms with E-state index < -0.39 is 0 Å². The Bertz CT molecular complexity index is 362. The number of methoxy groups -OCH3 is 1. The second-order valence-corrected chi connectivity index (χ2v) is 5.41. The molecule has 18 heavy (non-hydrogen) atoms. The maximum atomic E-state index is 6.67. The highest BCUT2D eigenvalue weighted by molar-refractivity contribution is 6.21. The van der Waals surface area contributed by atoms with Crippen LogP contribution in [0.15, 0.2) is 18.2 Å². The molecule has 2 unspecified atom stereocenters. The summed E-state index contributed by atoms with van der Waals surface area (Å²) in [5.41, 5.74) is 2.48. The number of aryl methyl sites for hydroxylation is 1. The third kappa shape index (κ3) is 3.91. The standard InChI is InChI=1S/C16H25ClO/c1-5-7-8-13(6-2)16(17)15-10-9-14(18-4)11-12(15)3/h9-11,13,16H,5-8H2,1-4H3. The lowest BCUT2D eigenvalue weighted by molar-refractivity contribution is 0.412. The van der Waals surface area contributed by atoms with E-state index in [0.717, 1.165) is 12.2 Å². The van der Waals surface area contributed by atoms with Crippen molar-refractivity contribution in [1.82, 2.24) is 0 Å². The largest absolute Gasteiger partial charge is 0.497 e. The summed E-state index contributed by atoms with van der Waals surface area (Å²) >= 11 is 6.67. The Morgan fingerprint density at radius 2 is 2.00 bits per heavy atom. The van der Waals surface area contributed by atoms with Gasteiger partial charge in [-0.25, -0.2) is 0 Å². The summed E-state index contributed by atoms with van der Waals surface area (Å²) in [6.45, 7) is 6.57. The summed E-state index contributed by atoms with van der Waals surface area (Å²) in [7, 11) is 1.70. The molecular weight excluding hydrogens is 244 g/mol. The van der Waals surface area contributed by atoms with Crippen LogP contribution in [-0.2, 0) is 0 Å². The van der Waals surface area contributed by atoms with E-state index in [0.29, 0.717) is 5.92 Å². The van der Waals surface area contributed by atoms with Gasteiger partial charge in [0, 0.05) is 0 Å². The van der Waals surface area contributed by atoms with Crippen LogP contribution in [0.4, 0.5) is 0 Å². The molecule has 1 nitrogen and oxygen atoms in total. The zero-order chi connectivity index (χ0) is 13.5. The summed E-state index contributed by atoms with van der Waals surface area (Å²) in [6.07, 6.45) is 4.85. The normalized spacial score (nSPS) is 14.3. The van der Waals surface area contributed by atoms with Gasteiger partial charge in [0.25, 0.3) is 0 Å². The van der Waals surface area contributed by atoms with Crippen LogP contribution in [0.1, 0.15) is 56.0 Å². The van der Waals surface area contributed by atoms with Gasteiger partial charge >= 0.3 is 0 Å². The maximum Gasteiger partial charge on any atom is 0.119 e. The smallest absolute Gasteiger partial charge is 0.119 e. The first-order valence-electron chi connectivity index (χ1n) is 6.92. The van der Waals surface area contributed by atoms with Crippen molar-refractivity contribution in [3.05, 3.63) is 29.3 Å². The predicted molar refractivity (Wildman–Crippen MR) is 79.6 cm³/mol. The van der Waals surface area contributed by atoms with Crippen LogP contribution in [0.5, 0.6) is 5.75 Å². The maximum absolute atomic E-state index is 6.67. The Hall–Kier alpha value is -0.690. The van der Waals surface area contributed by atoms with Crippen LogP contribution in [0.2, 0.25) is 0 Å². The number of rotatable bonds is 7. The third-order valence-corrected chi connectivity index (χ3v) is 4.23. The second kappa shape index (κ2) is 7.68. The molecular formula is C16H25ClO. The fourth-order valence-corrected chi connectivity index (χ4v) is 2.91. The van der Waals surface area contributed by atoms with Gasteiger partial charge in [-0.1, -0.05) is 39.2 Å². The average Bonchev–Trinajstić information content (AvgIpc) is 2.39. The molecule has 0 bridgehead atoms. The molecule has 2 heteroatoms. The van der Waals surface area contributed by atoms with Gasteiger partial charge in [-0.05, 0) is 42.5 Å². The molecule has 0 aliphatic rings. The van der Waals surface area contributed by atoms with Crippen LogP contribution < -0.4 is 4.74 Å². The molecule has 102 valence electrons. The Labute approximate surface area is 116 Å². The molecule has 0 fully saturated rings. The lowest BCUT2D eigenvalue weighted by Gasteiger charge is -2.23. The summed E-state index contributed by atoms with van der Waals surface area (Å²) in [6, 6.07) is 6.18. The van der Waals surface area contributed by atoms with Gasteiger partial charge < -0.3 is 4.74 Å². The molecule has 0 saturated carbocycles. The Morgan fingerprint density at radius 3 is 2.50 bits per heavy atom. The number of unbranched alkanes of at least 4 members (excludes halogenated alkanes) is 1. The zero-order valence-electron chi connectivity index (χ0n) is 12.0. The SMILES string of the molecule is CCCCC(CC)C(Cl)c1ccc(OC)cc1C. The molecule has 0 heterocycles. The van der Waals surface area contributed by atoms with E-state index in [2.05, 4.69) is 32.9 Å². The summed E-state index contributed by atoms with van der Waals surface area (Å²) in [4.78, 5) is 0. The second-order valence-electron chi connectivity index (χ2n) is 4.93.